The van der Waals surface area contributed by atoms with E-state index in [2.05, 4.69) is 65.1 Å². The van der Waals surface area contributed by atoms with E-state index in [-0.39, 0.29) is 6.61 Å². The van der Waals surface area contributed by atoms with E-state index in [1.165, 1.54) is 37.1 Å². The molecule has 1 aromatic heterocycles. The maximum atomic E-state index is 9.75. The van der Waals surface area contributed by atoms with Gasteiger partial charge in [-0.15, -0.1) is 0 Å². The normalized spacial score (nSPS) is 22.4. The number of hydrogen-bond acceptors (Lipinski definition) is 5. The first-order valence-corrected chi connectivity index (χ1v) is 12.0. The van der Waals surface area contributed by atoms with E-state index in [0.717, 1.165) is 38.3 Å². The Labute approximate surface area is 187 Å². The average Bonchev–Trinajstić information content (AvgIpc) is 3.15. The molecule has 31 heavy (non-hydrogen) atoms. The molecule has 170 valence electrons. The second kappa shape index (κ2) is 10.3. The van der Waals surface area contributed by atoms with Crippen molar-refractivity contribution in [3.63, 3.8) is 0 Å². The zero-order valence-corrected chi connectivity index (χ0v) is 19.5. The summed E-state index contributed by atoms with van der Waals surface area (Å²) < 4.78 is 1.93. The number of benzene rings is 1. The van der Waals surface area contributed by atoms with Crippen LogP contribution in [0.4, 0.5) is 0 Å². The van der Waals surface area contributed by atoms with Crippen molar-refractivity contribution in [3.8, 4) is 11.3 Å². The lowest BCUT2D eigenvalue weighted by Gasteiger charge is -2.48. The number of aromatic nitrogens is 2. The minimum atomic E-state index is 0.266. The molecule has 2 aliphatic heterocycles. The molecule has 3 heterocycles. The SMILES string of the molecule is CC(C)N1CCC(N2CCN(Cc3cn(C)nc3-c3ccccc3)CC2CCO)CC1. The standard InChI is InChI=1S/C25H39N5O/c1-20(2)29-12-9-23(10-13-29)30-15-14-28(19-24(30)11-16-31)18-22-17-27(3)26-25(22)21-7-5-4-6-8-21/h4-8,17,20,23-24,31H,9-16,18-19H2,1-3H3. The van der Waals surface area contributed by atoms with E-state index in [4.69, 9.17) is 5.10 Å². The van der Waals surface area contributed by atoms with Gasteiger partial charge in [-0.25, -0.2) is 0 Å². The number of likely N-dealkylation sites (tertiary alicyclic amines) is 1. The van der Waals surface area contributed by atoms with Crippen LogP contribution in [0.2, 0.25) is 0 Å². The quantitative estimate of drug-likeness (QED) is 0.739. The Bertz CT molecular complexity index is 813. The summed E-state index contributed by atoms with van der Waals surface area (Å²) in [5, 5.41) is 14.5. The molecule has 1 unspecified atom stereocenters. The summed E-state index contributed by atoms with van der Waals surface area (Å²) in [6.07, 6.45) is 5.53. The average molecular weight is 426 g/mol. The van der Waals surface area contributed by atoms with Crippen LogP contribution in [0.15, 0.2) is 36.5 Å². The highest BCUT2D eigenvalue weighted by Crippen LogP contribution is 2.27. The van der Waals surface area contributed by atoms with Gasteiger partial charge in [-0.05, 0) is 46.2 Å². The van der Waals surface area contributed by atoms with Gasteiger partial charge in [-0.3, -0.25) is 14.5 Å². The van der Waals surface area contributed by atoms with Gasteiger partial charge in [-0.2, -0.15) is 5.10 Å². The summed E-state index contributed by atoms with van der Waals surface area (Å²) in [6, 6.07) is 12.2. The molecule has 0 aliphatic carbocycles. The molecule has 0 bridgehead atoms. The van der Waals surface area contributed by atoms with Gasteiger partial charge < -0.3 is 10.0 Å². The van der Waals surface area contributed by atoms with Crippen LogP contribution < -0.4 is 0 Å². The van der Waals surface area contributed by atoms with Crippen LogP contribution in [0.5, 0.6) is 0 Å². The van der Waals surface area contributed by atoms with Crippen LogP contribution in [-0.2, 0) is 13.6 Å². The third-order valence-corrected chi connectivity index (χ3v) is 7.12. The van der Waals surface area contributed by atoms with Gasteiger partial charge in [0.25, 0.3) is 0 Å². The molecule has 2 aromatic rings. The van der Waals surface area contributed by atoms with Crippen molar-refractivity contribution < 1.29 is 5.11 Å². The largest absolute Gasteiger partial charge is 0.396 e. The molecule has 2 saturated heterocycles. The highest BCUT2D eigenvalue weighted by Gasteiger charge is 2.34. The molecule has 0 radical (unpaired) electrons. The van der Waals surface area contributed by atoms with Gasteiger partial charge in [0.2, 0.25) is 0 Å². The van der Waals surface area contributed by atoms with E-state index in [1.54, 1.807) is 0 Å². The first kappa shape index (κ1) is 22.5. The Hall–Kier alpha value is -1.73. The van der Waals surface area contributed by atoms with Crippen molar-refractivity contribution in [1.29, 1.82) is 0 Å². The number of piperidine rings is 1. The summed E-state index contributed by atoms with van der Waals surface area (Å²) in [5.74, 6) is 0. The lowest BCUT2D eigenvalue weighted by molar-refractivity contribution is 0.00000354. The fourth-order valence-electron chi connectivity index (χ4n) is 5.43. The third-order valence-electron chi connectivity index (χ3n) is 7.12. The molecule has 4 rings (SSSR count). The number of nitrogens with zero attached hydrogens (tertiary/aromatic N) is 5. The van der Waals surface area contributed by atoms with Crippen molar-refractivity contribution in [2.24, 2.45) is 7.05 Å². The summed E-state index contributed by atoms with van der Waals surface area (Å²) in [5.41, 5.74) is 3.56. The van der Waals surface area contributed by atoms with Crippen LogP contribution in [0.3, 0.4) is 0 Å². The van der Waals surface area contributed by atoms with Crippen molar-refractivity contribution in [2.75, 3.05) is 39.3 Å². The molecule has 0 saturated carbocycles. The number of aliphatic hydroxyl groups is 1. The van der Waals surface area contributed by atoms with Gasteiger partial charge in [0.15, 0.2) is 0 Å². The number of aryl methyl sites for hydroxylation is 1. The van der Waals surface area contributed by atoms with Gasteiger partial charge in [-0.1, -0.05) is 30.3 Å². The molecular formula is C25H39N5O. The predicted molar refractivity (Wildman–Crippen MR) is 126 cm³/mol. The maximum absolute atomic E-state index is 9.75. The zero-order valence-electron chi connectivity index (χ0n) is 19.5. The molecule has 6 nitrogen and oxygen atoms in total. The first-order valence-electron chi connectivity index (χ1n) is 12.0. The Balaban J connectivity index is 1.42. The van der Waals surface area contributed by atoms with Crippen LogP contribution >= 0.6 is 0 Å². The van der Waals surface area contributed by atoms with Gasteiger partial charge in [0.05, 0.1) is 5.69 Å². The molecule has 1 N–H and O–H groups in total. The smallest absolute Gasteiger partial charge is 0.0968 e. The second-order valence-corrected chi connectivity index (χ2v) is 9.54. The lowest BCUT2D eigenvalue weighted by atomic mass is 9.97. The summed E-state index contributed by atoms with van der Waals surface area (Å²) in [6.45, 7) is 11.4. The molecular weight excluding hydrogens is 386 g/mol. The monoisotopic (exact) mass is 425 g/mol. The Morgan fingerprint density at radius 1 is 1.06 bits per heavy atom. The van der Waals surface area contributed by atoms with Crippen LogP contribution in [0.1, 0.15) is 38.7 Å². The number of aliphatic hydroxyl groups excluding tert-OH is 1. The number of rotatable bonds is 7. The van der Waals surface area contributed by atoms with E-state index >= 15 is 0 Å². The maximum Gasteiger partial charge on any atom is 0.0968 e. The fourth-order valence-corrected chi connectivity index (χ4v) is 5.43. The van der Waals surface area contributed by atoms with E-state index < -0.39 is 0 Å². The van der Waals surface area contributed by atoms with Crippen molar-refractivity contribution >= 4 is 0 Å². The molecule has 0 spiro atoms. The second-order valence-electron chi connectivity index (χ2n) is 9.54. The number of hydrogen-bond donors (Lipinski definition) is 1. The summed E-state index contributed by atoms with van der Waals surface area (Å²) >= 11 is 0. The van der Waals surface area contributed by atoms with E-state index in [0.29, 0.717) is 18.1 Å². The van der Waals surface area contributed by atoms with Gasteiger partial charge >= 0.3 is 0 Å². The van der Waals surface area contributed by atoms with E-state index in [9.17, 15) is 5.11 Å². The highest BCUT2D eigenvalue weighted by atomic mass is 16.3. The highest BCUT2D eigenvalue weighted by molar-refractivity contribution is 5.62. The predicted octanol–water partition coefficient (Wildman–Crippen LogP) is 2.83. The zero-order chi connectivity index (χ0) is 21.8. The molecule has 1 aromatic carbocycles. The Morgan fingerprint density at radius 2 is 1.81 bits per heavy atom. The molecule has 2 aliphatic rings. The fraction of sp³-hybridized carbons (Fsp3) is 0.640. The topological polar surface area (TPSA) is 47.8 Å². The van der Waals surface area contributed by atoms with Crippen molar-refractivity contribution in [1.82, 2.24) is 24.5 Å². The minimum Gasteiger partial charge on any atom is -0.396 e. The van der Waals surface area contributed by atoms with E-state index in [1.807, 2.05) is 11.7 Å². The van der Waals surface area contributed by atoms with Crippen LogP contribution in [0, 0.1) is 0 Å². The first-order chi connectivity index (χ1) is 15.0. The molecule has 1 atom stereocenters. The minimum absolute atomic E-state index is 0.266. The molecule has 6 heteroatoms. The van der Waals surface area contributed by atoms with Gasteiger partial charge in [0, 0.05) is 75.3 Å². The Morgan fingerprint density at radius 3 is 2.48 bits per heavy atom. The van der Waals surface area contributed by atoms with Crippen LogP contribution in [-0.4, -0.2) is 87.0 Å². The molecule has 0 amide bonds. The third kappa shape index (κ3) is 5.37. The lowest BCUT2D eigenvalue weighted by Crippen LogP contribution is -2.58. The van der Waals surface area contributed by atoms with Crippen molar-refractivity contribution in [2.45, 2.75) is 57.8 Å². The van der Waals surface area contributed by atoms with Crippen molar-refractivity contribution in [3.05, 3.63) is 42.1 Å². The Kier molecular flexibility index (Phi) is 7.43. The van der Waals surface area contributed by atoms with Gasteiger partial charge in [0.1, 0.15) is 0 Å². The number of piperazine rings is 1. The van der Waals surface area contributed by atoms with Crippen LogP contribution in [0.25, 0.3) is 11.3 Å². The summed E-state index contributed by atoms with van der Waals surface area (Å²) in [7, 11) is 2.01. The summed E-state index contributed by atoms with van der Waals surface area (Å²) in [4.78, 5) is 7.87. The molecule has 2 fully saturated rings.